The number of rotatable bonds is 8. The number of carbonyl (C=O) groups excluding carboxylic acids is 1. The minimum absolute atomic E-state index is 0.0179. The molecule has 0 bridgehead atoms. The number of fused-ring (bicyclic) bond motifs is 1. The van der Waals surface area contributed by atoms with E-state index in [4.69, 9.17) is 9.47 Å². The molecule has 0 spiro atoms. The molecule has 5 heteroatoms. The maximum absolute atomic E-state index is 12.9. The zero-order valence-corrected chi connectivity index (χ0v) is 19.7. The second-order valence-electron chi connectivity index (χ2n) is 8.06. The molecular formula is C30H26N2O3. The van der Waals surface area contributed by atoms with Gasteiger partial charge < -0.3 is 14.8 Å². The van der Waals surface area contributed by atoms with E-state index < -0.39 is 5.91 Å². The summed E-state index contributed by atoms with van der Waals surface area (Å²) in [6, 6.07) is 28.9. The third-order valence-electron chi connectivity index (χ3n) is 5.48. The fourth-order valence-corrected chi connectivity index (χ4v) is 3.81. The minimum atomic E-state index is -0.491. The average Bonchev–Trinajstić information content (AvgIpc) is 2.87. The molecule has 4 rings (SSSR count). The third-order valence-corrected chi connectivity index (χ3v) is 5.48. The van der Waals surface area contributed by atoms with Crippen LogP contribution in [0.5, 0.6) is 11.5 Å². The number of carbonyl (C=O) groups is 1. The summed E-state index contributed by atoms with van der Waals surface area (Å²) in [7, 11) is 0. The summed E-state index contributed by atoms with van der Waals surface area (Å²) in [6.45, 7) is 4.88. The fraction of sp³-hybridized carbons (Fsp3) is 0.133. The Morgan fingerprint density at radius 3 is 2.51 bits per heavy atom. The Bertz CT molecular complexity index is 1420. The van der Waals surface area contributed by atoms with Crippen molar-refractivity contribution in [3.05, 3.63) is 107 Å². The zero-order chi connectivity index (χ0) is 24.6. The van der Waals surface area contributed by atoms with E-state index in [-0.39, 0.29) is 5.57 Å². The Hall–Kier alpha value is -4.56. The Kier molecular flexibility index (Phi) is 7.44. The SMILES string of the molecule is CCOc1ccc(NC(=O)/C(C#N)=C/c2c(OCc3cccc(C)c3)ccc3ccccc23)cc1. The fourth-order valence-electron chi connectivity index (χ4n) is 3.81. The zero-order valence-electron chi connectivity index (χ0n) is 19.7. The van der Waals surface area contributed by atoms with Crippen LogP contribution in [0.1, 0.15) is 23.6 Å². The first-order chi connectivity index (χ1) is 17.1. The van der Waals surface area contributed by atoms with Gasteiger partial charge in [0, 0.05) is 11.3 Å². The Morgan fingerprint density at radius 2 is 1.77 bits per heavy atom. The van der Waals surface area contributed by atoms with Crippen LogP contribution < -0.4 is 14.8 Å². The molecule has 0 saturated heterocycles. The quantitative estimate of drug-likeness (QED) is 0.234. The van der Waals surface area contributed by atoms with Gasteiger partial charge in [-0.3, -0.25) is 4.79 Å². The number of hydrogen-bond acceptors (Lipinski definition) is 4. The number of amides is 1. The Labute approximate surface area is 205 Å². The number of aryl methyl sites for hydroxylation is 1. The van der Waals surface area contributed by atoms with Crippen molar-refractivity contribution in [2.24, 2.45) is 0 Å². The molecule has 0 heterocycles. The summed E-state index contributed by atoms with van der Waals surface area (Å²) in [4.78, 5) is 12.9. The first kappa shape index (κ1) is 23.6. The van der Waals surface area contributed by atoms with E-state index in [1.165, 1.54) is 0 Å². The lowest BCUT2D eigenvalue weighted by Crippen LogP contribution is -2.13. The van der Waals surface area contributed by atoms with Crippen LogP contribution in [0.15, 0.2) is 90.5 Å². The van der Waals surface area contributed by atoms with Gasteiger partial charge in [-0.15, -0.1) is 0 Å². The number of nitrogens with one attached hydrogen (secondary N) is 1. The Balaban J connectivity index is 1.65. The van der Waals surface area contributed by atoms with Gasteiger partial charge >= 0.3 is 0 Å². The van der Waals surface area contributed by atoms with E-state index in [0.717, 1.165) is 21.9 Å². The summed E-state index contributed by atoms with van der Waals surface area (Å²) >= 11 is 0. The second kappa shape index (κ2) is 11.0. The maximum Gasteiger partial charge on any atom is 0.266 e. The Morgan fingerprint density at radius 1 is 0.971 bits per heavy atom. The van der Waals surface area contributed by atoms with Gasteiger partial charge in [0.05, 0.1) is 6.61 Å². The molecule has 4 aromatic rings. The first-order valence-electron chi connectivity index (χ1n) is 11.4. The van der Waals surface area contributed by atoms with E-state index in [9.17, 15) is 10.1 Å². The van der Waals surface area contributed by atoms with Gasteiger partial charge in [-0.05, 0) is 66.6 Å². The van der Waals surface area contributed by atoms with Gasteiger partial charge in [0.15, 0.2) is 0 Å². The van der Waals surface area contributed by atoms with Crippen molar-refractivity contribution >= 4 is 28.4 Å². The van der Waals surface area contributed by atoms with Gasteiger partial charge in [-0.25, -0.2) is 0 Å². The summed E-state index contributed by atoms with van der Waals surface area (Å²) < 4.78 is 11.6. The van der Waals surface area contributed by atoms with Crippen molar-refractivity contribution in [2.75, 3.05) is 11.9 Å². The van der Waals surface area contributed by atoms with E-state index in [1.807, 2.05) is 74.5 Å². The van der Waals surface area contributed by atoms with Crippen molar-refractivity contribution in [2.45, 2.75) is 20.5 Å². The number of ether oxygens (including phenoxy) is 2. The van der Waals surface area contributed by atoms with E-state index >= 15 is 0 Å². The van der Waals surface area contributed by atoms with Crippen LogP contribution in [0.3, 0.4) is 0 Å². The van der Waals surface area contributed by atoms with Crippen LogP contribution in [0.2, 0.25) is 0 Å². The van der Waals surface area contributed by atoms with Crippen LogP contribution in [0.25, 0.3) is 16.8 Å². The van der Waals surface area contributed by atoms with Gasteiger partial charge in [0.25, 0.3) is 5.91 Å². The van der Waals surface area contributed by atoms with Gasteiger partial charge in [-0.1, -0.05) is 60.2 Å². The molecule has 0 unspecified atom stereocenters. The molecule has 1 amide bonds. The summed E-state index contributed by atoms with van der Waals surface area (Å²) in [5, 5.41) is 14.5. The molecule has 35 heavy (non-hydrogen) atoms. The summed E-state index contributed by atoms with van der Waals surface area (Å²) in [5.74, 6) is 0.828. The third kappa shape index (κ3) is 5.87. The molecule has 5 nitrogen and oxygen atoms in total. The van der Waals surface area contributed by atoms with E-state index in [0.29, 0.717) is 36.0 Å². The predicted octanol–water partition coefficient (Wildman–Crippen LogP) is 6.67. The summed E-state index contributed by atoms with van der Waals surface area (Å²) in [5.41, 5.74) is 3.45. The number of benzene rings is 4. The molecule has 0 radical (unpaired) electrons. The highest BCUT2D eigenvalue weighted by atomic mass is 16.5. The highest BCUT2D eigenvalue weighted by Gasteiger charge is 2.14. The average molecular weight is 463 g/mol. The lowest BCUT2D eigenvalue weighted by Gasteiger charge is -2.13. The molecule has 0 saturated carbocycles. The molecular weight excluding hydrogens is 436 g/mol. The first-order valence-corrected chi connectivity index (χ1v) is 11.4. The molecule has 0 aliphatic carbocycles. The molecule has 1 N–H and O–H groups in total. The normalized spacial score (nSPS) is 11.1. The van der Waals surface area contributed by atoms with E-state index in [2.05, 4.69) is 11.4 Å². The predicted molar refractivity (Wildman–Crippen MR) is 139 cm³/mol. The van der Waals surface area contributed by atoms with Crippen molar-refractivity contribution in [3.63, 3.8) is 0 Å². The van der Waals surface area contributed by atoms with Gasteiger partial charge in [-0.2, -0.15) is 5.26 Å². The minimum Gasteiger partial charge on any atom is -0.494 e. The highest BCUT2D eigenvalue weighted by Crippen LogP contribution is 2.31. The number of anilines is 1. The number of hydrogen-bond donors (Lipinski definition) is 1. The molecule has 0 aliphatic rings. The monoisotopic (exact) mass is 462 g/mol. The summed E-state index contributed by atoms with van der Waals surface area (Å²) in [6.07, 6.45) is 1.60. The van der Waals surface area contributed by atoms with Gasteiger partial charge in [0.1, 0.15) is 29.7 Å². The largest absolute Gasteiger partial charge is 0.494 e. The lowest BCUT2D eigenvalue weighted by atomic mass is 10.0. The van der Waals surface area contributed by atoms with Crippen molar-refractivity contribution in [1.82, 2.24) is 0 Å². The van der Waals surface area contributed by atoms with Crippen molar-refractivity contribution in [3.8, 4) is 17.6 Å². The smallest absolute Gasteiger partial charge is 0.266 e. The van der Waals surface area contributed by atoms with E-state index in [1.54, 1.807) is 30.3 Å². The van der Waals surface area contributed by atoms with Crippen LogP contribution in [-0.2, 0) is 11.4 Å². The number of nitriles is 1. The molecule has 0 atom stereocenters. The lowest BCUT2D eigenvalue weighted by molar-refractivity contribution is -0.112. The molecule has 0 fully saturated rings. The standard InChI is InChI=1S/C30H26N2O3/c1-3-34-26-14-12-25(13-15-26)32-30(33)24(19-31)18-28-27-10-5-4-9-23(27)11-16-29(28)35-20-22-8-6-7-21(2)17-22/h4-18H,3,20H2,1-2H3,(H,32,33)/b24-18+. The van der Waals surface area contributed by atoms with Crippen LogP contribution in [0.4, 0.5) is 5.69 Å². The van der Waals surface area contributed by atoms with Crippen molar-refractivity contribution in [1.29, 1.82) is 5.26 Å². The number of nitrogens with zero attached hydrogens (tertiary/aromatic N) is 1. The molecule has 0 aliphatic heterocycles. The molecule has 0 aromatic heterocycles. The van der Waals surface area contributed by atoms with Crippen LogP contribution in [-0.4, -0.2) is 12.5 Å². The van der Waals surface area contributed by atoms with Crippen molar-refractivity contribution < 1.29 is 14.3 Å². The second-order valence-corrected chi connectivity index (χ2v) is 8.06. The van der Waals surface area contributed by atoms with Gasteiger partial charge in [0.2, 0.25) is 0 Å². The highest BCUT2D eigenvalue weighted by molar-refractivity contribution is 6.11. The van der Waals surface area contributed by atoms with Crippen LogP contribution in [0, 0.1) is 18.3 Å². The molecule has 174 valence electrons. The maximum atomic E-state index is 12.9. The molecule has 4 aromatic carbocycles. The van der Waals surface area contributed by atoms with Crippen LogP contribution >= 0.6 is 0 Å². The topological polar surface area (TPSA) is 71.3 Å².